The molecule has 1 saturated heterocycles. The quantitative estimate of drug-likeness (QED) is 0.0909. The van der Waals surface area contributed by atoms with Gasteiger partial charge < -0.3 is 23.7 Å². The second-order valence-electron chi connectivity index (χ2n) is 13.1. The Hall–Kier alpha value is -3.92. The van der Waals surface area contributed by atoms with Crippen molar-refractivity contribution < 1.29 is 42.9 Å². The number of nitrogens with zero attached hydrogens (tertiary/aromatic N) is 1. The normalized spacial score (nSPS) is 16.4. The Bertz CT molecular complexity index is 1340. The maximum absolute atomic E-state index is 14.0. The van der Waals surface area contributed by atoms with Crippen LogP contribution in [0.4, 0.5) is 4.79 Å². The molecule has 0 aromatic heterocycles. The maximum atomic E-state index is 14.0. The molecule has 3 rings (SSSR count). The molecule has 2 aromatic rings. The number of imide groups is 1. The number of rotatable bonds is 20. The first-order valence-corrected chi connectivity index (χ1v) is 17.0. The van der Waals surface area contributed by atoms with E-state index in [-0.39, 0.29) is 49.6 Å². The lowest BCUT2D eigenvalue weighted by atomic mass is 9.78. The van der Waals surface area contributed by atoms with Gasteiger partial charge in [-0.1, -0.05) is 64.1 Å². The molecule has 10 heteroatoms. The van der Waals surface area contributed by atoms with E-state index in [1.807, 2.05) is 62.4 Å². The summed E-state index contributed by atoms with van der Waals surface area (Å²) in [7, 11) is 3.24. The average molecular weight is 668 g/mol. The van der Waals surface area contributed by atoms with Crippen LogP contribution in [-0.4, -0.2) is 75.3 Å². The fourth-order valence-electron chi connectivity index (χ4n) is 6.06. The number of methoxy groups -OCH3 is 2. The van der Waals surface area contributed by atoms with Gasteiger partial charge in [-0.05, 0) is 67.2 Å². The molecule has 0 aliphatic carbocycles. The van der Waals surface area contributed by atoms with Gasteiger partial charge >= 0.3 is 12.1 Å². The molecule has 0 spiro atoms. The zero-order valence-electron chi connectivity index (χ0n) is 29.6. The number of ether oxygens (including phenoxy) is 5. The van der Waals surface area contributed by atoms with Crippen molar-refractivity contribution in [1.82, 2.24) is 4.90 Å². The lowest BCUT2D eigenvalue weighted by molar-refractivity contribution is -0.154. The van der Waals surface area contributed by atoms with E-state index in [0.29, 0.717) is 37.6 Å². The van der Waals surface area contributed by atoms with E-state index in [9.17, 15) is 19.2 Å². The summed E-state index contributed by atoms with van der Waals surface area (Å²) in [5.41, 5.74) is 1.96. The highest BCUT2D eigenvalue weighted by molar-refractivity contribution is 6.02. The number of hydrogen-bond donors (Lipinski definition) is 0. The van der Waals surface area contributed by atoms with E-state index >= 15 is 0 Å². The summed E-state index contributed by atoms with van der Waals surface area (Å²) < 4.78 is 27.3. The number of amides is 2. The van der Waals surface area contributed by atoms with Crippen LogP contribution in [0.5, 0.6) is 11.5 Å². The van der Waals surface area contributed by atoms with Gasteiger partial charge in [0.1, 0.15) is 18.3 Å². The van der Waals surface area contributed by atoms with Crippen molar-refractivity contribution in [3.63, 3.8) is 0 Å². The highest BCUT2D eigenvalue weighted by Crippen LogP contribution is 2.33. The predicted octanol–water partition coefficient (Wildman–Crippen LogP) is 6.32. The highest BCUT2D eigenvalue weighted by Gasteiger charge is 2.43. The van der Waals surface area contributed by atoms with E-state index in [2.05, 4.69) is 13.8 Å². The zero-order chi connectivity index (χ0) is 35.2. The van der Waals surface area contributed by atoms with Gasteiger partial charge in [-0.15, -0.1) is 0 Å². The summed E-state index contributed by atoms with van der Waals surface area (Å²) in [4.78, 5) is 55.3. The smallest absolute Gasteiger partial charge is 0.416 e. The number of hydrogen-bond acceptors (Lipinski definition) is 9. The third-order valence-electron chi connectivity index (χ3n) is 8.97. The van der Waals surface area contributed by atoms with Gasteiger partial charge in [-0.25, -0.2) is 9.69 Å². The van der Waals surface area contributed by atoms with Gasteiger partial charge in [0.2, 0.25) is 5.91 Å². The first-order chi connectivity index (χ1) is 23.0. The van der Waals surface area contributed by atoms with E-state index in [0.717, 1.165) is 17.5 Å². The minimum atomic E-state index is -1.06. The lowest BCUT2D eigenvalue weighted by Crippen LogP contribution is -2.46. The molecule has 2 aromatic carbocycles. The van der Waals surface area contributed by atoms with Crippen molar-refractivity contribution in [2.45, 2.75) is 72.8 Å². The molecule has 1 fully saturated rings. The second kappa shape index (κ2) is 19.2. The van der Waals surface area contributed by atoms with Crippen molar-refractivity contribution in [2.24, 2.45) is 29.6 Å². The molecule has 2 amide bonds. The first-order valence-electron chi connectivity index (χ1n) is 17.0. The Labute approximate surface area is 285 Å². The predicted molar refractivity (Wildman–Crippen MR) is 182 cm³/mol. The standard InChI is InChI=1S/C38H53NO9/c1-8-46-37(42)32(22-29(25(2)3)19-28-15-16-34(45-7)35(21-28)47-18-12-17-44-6)33(40)23-31(26(4)5)36(41)39-30(24-48-38(39)43)20-27-13-10-9-11-14-27/h9-11,13-16,21,25-26,29-32H,8,12,17-20,22-24H2,1-7H3. The molecule has 0 N–H and O–H groups in total. The SMILES string of the molecule is CCOC(=O)C(CC(Cc1ccc(OC)c(OCCCOC)c1)C(C)C)C(=O)CC(C(=O)N1C(=O)OCC1Cc1ccccc1)C(C)C. The lowest BCUT2D eigenvalue weighted by Gasteiger charge is -2.29. The molecule has 4 unspecified atom stereocenters. The molecule has 4 atom stereocenters. The number of carbonyl (C=O) groups excluding carboxylic acids is 4. The number of ketones is 1. The van der Waals surface area contributed by atoms with E-state index in [1.54, 1.807) is 21.1 Å². The molecular formula is C38H53NO9. The van der Waals surface area contributed by atoms with E-state index < -0.39 is 35.8 Å². The number of benzene rings is 2. The number of Topliss-reactive ketones (excluding diaryl/α,β-unsaturated/α-hetero) is 1. The molecule has 1 heterocycles. The van der Waals surface area contributed by atoms with Crippen LogP contribution in [0.15, 0.2) is 48.5 Å². The molecule has 0 bridgehead atoms. The fourth-order valence-corrected chi connectivity index (χ4v) is 6.06. The maximum Gasteiger partial charge on any atom is 0.416 e. The van der Waals surface area contributed by atoms with Gasteiger partial charge in [0.05, 0.1) is 26.4 Å². The summed E-state index contributed by atoms with van der Waals surface area (Å²) in [5, 5.41) is 0. The molecule has 48 heavy (non-hydrogen) atoms. The molecule has 0 radical (unpaired) electrons. The van der Waals surface area contributed by atoms with Gasteiger partial charge in [0, 0.05) is 32.5 Å². The largest absolute Gasteiger partial charge is 0.493 e. The van der Waals surface area contributed by atoms with Crippen LogP contribution in [0, 0.1) is 29.6 Å². The molecule has 10 nitrogen and oxygen atoms in total. The number of cyclic esters (lactones) is 1. The van der Waals surface area contributed by atoms with Crippen LogP contribution in [0.3, 0.4) is 0 Å². The Morgan fingerprint density at radius 3 is 2.29 bits per heavy atom. The Kier molecular flexibility index (Phi) is 15.4. The topological polar surface area (TPSA) is 118 Å². The van der Waals surface area contributed by atoms with Crippen LogP contribution in [-0.2, 0) is 41.4 Å². The number of carbonyl (C=O) groups is 4. The summed E-state index contributed by atoms with van der Waals surface area (Å²) in [6, 6.07) is 14.9. The van der Waals surface area contributed by atoms with Crippen LogP contribution in [0.2, 0.25) is 0 Å². The summed E-state index contributed by atoms with van der Waals surface area (Å²) in [6.07, 6.45) is 1.13. The van der Waals surface area contributed by atoms with Gasteiger partial charge in [-0.2, -0.15) is 0 Å². The van der Waals surface area contributed by atoms with Gasteiger partial charge in [0.15, 0.2) is 11.5 Å². The van der Waals surface area contributed by atoms with Gasteiger partial charge in [0.25, 0.3) is 0 Å². The Morgan fingerprint density at radius 2 is 1.67 bits per heavy atom. The molecule has 264 valence electrons. The summed E-state index contributed by atoms with van der Waals surface area (Å²) >= 11 is 0. The van der Waals surface area contributed by atoms with Crippen LogP contribution >= 0.6 is 0 Å². The highest BCUT2D eigenvalue weighted by atomic mass is 16.6. The molecule has 1 aliphatic heterocycles. The summed E-state index contributed by atoms with van der Waals surface area (Å²) in [5.74, 6) is -2.24. The van der Waals surface area contributed by atoms with Gasteiger partial charge in [-0.3, -0.25) is 14.4 Å². The number of esters is 1. The molecule has 1 aliphatic rings. The summed E-state index contributed by atoms with van der Waals surface area (Å²) in [6.45, 7) is 10.8. The monoisotopic (exact) mass is 667 g/mol. The van der Waals surface area contributed by atoms with E-state index in [1.165, 1.54) is 4.90 Å². The van der Waals surface area contributed by atoms with Crippen molar-refractivity contribution in [3.8, 4) is 11.5 Å². The van der Waals surface area contributed by atoms with Crippen LogP contribution in [0.25, 0.3) is 0 Å². The van der Waals surface area contributed by atoms with Crippen molar-refractivity contribution >= 4 is 23.8 Å². The van der Waals surface area contributed by atoms with Crippen LogP contribution < -0.4 is 9.47 Å². The Balaban J connectivity index is 1.80. The Morgan fingerprint density at radius 1 is 0.938 bits per heavy atom. The first kappa shape index (κ1) is 38.5. The third kappa shape index (κ3) is 10.8. The average Bonchev–Trinajstić information content (AvgIpc) is 3.42. The van der Waals surface area contributed by atoms with Crippen molar-refractivity contribution in [3.05, 3.63) is 59.7 Å². The minimum Gasteiger partial charge on any atom is -0.493 e. The van der Waals surface area contributed by atoms with Crippen molar-refractivity contribution in [1.29, 1.82) is 0 Å². The molecule has 0 saturated carbocycles. The zero-order valence-corrected chi connectivity index (χ0v) is 29.6. The van der Waals surface area contributed by atoms with E-state index in [4.69, 9.17) is 23.7 Å². The van der Waals surface area contributed by atoms with Crippen LogP contribution in [0.1, 0.15) is 65.0 Å². The second-order valence-corrected chi connectivity index (χ2v) is 13.1. The van der Waals surface area contributed by atoms with Crippen molar-refractivity contribution in [2.75, 3.05) is 40.6 Å². The third-order valence-corrected chi connectivity index (χ3v) is 8.97. The minimum absolute atomic E-state index is 0.0601. The fraction of sp³-hybridized carbons (Fsp3) is 0.579. The molecular weight excluding hydrogens is 614 g/mol.